The zero-order valence-electron chi connectivity index (χ0n) is 8.01. The smallest absolute Gasteiger partial charge is 0.344 e. The van der Waals surface area contributed by atoms with E-state index in [2.05, 4.69) is 15.0 Å². The first-order valence-electron chi connectivity index (χ1n) is 4.56. The van der Waals surface area contributed by atoms with Crippen LogP contribution in [-0.2, 0) is 16.1 Å². The number of hydrogen-bond donors (Lipinski definition) is 1. The van der Waals surface area contributed by atoms with Crippen LogP contribution in [0.5, 0.6) is 0 Å². The predicted octanol–water partition coefficient (Wildman–Crippen LogP) is 1.13. The number of carbonyl (C=O) groups excluding carboxylic acids is 1. The molecule has 4 heteroatoms. The van der Waals surface area contributed by atoms with Crippen molar-refractivity contribution in [1.82, 2.24) is 10.3 Å². The number of pyridine rings is 1. The fourth-order valence-corrected chi connectivity index (χ4v) is 1.19. The van der Waals surface area contributed by atoms with E-state index in [1.807, 2.05) is 12.1 Å². The van der Waals surface area contributed by atoms with Gasteiger partial charge in [-0.15, -0.1) is 0 Å². The standard InChI is InChI=1S/C11H10N2O2/c14-11-10(3-5-15-11)8-13-7-9-2-1-4-12-6-9/h1-6,8,13H,7H2. The van der Waals surface area contributed by atoms with Gasteiger partial charge in [0, 0.05) is 25.1 Å². The molecule has 1 aliphatic heterocycles. The molecule has 2 rings (SSSR count). The number of ether oxygens (including phenoxy) is 1. The Bertz CT molecular complexity index is 410. The maximum Gasteiger partial charge on any atom is 0.344 e. The number of rotatable bonds is 3. The normalized spacial score (nSPS) is 16.8. The molecule has 2 heterocycles. The number of carbonyl (C=O) groups is 1. The van der Waals surface area contributed by atoms with E-state index in [-0.39, 0.29) is 5.97 Å². The van der Waals surface area contributed by atoms with Crippen molar-refractivity contribution in [3.63, 3.8) is 0 Å². The van der Waals surface area contributed by atoms with Crippen LogP contribution in [0.2, 0.25) is 0 Å². The third kappa shape index (κ3) is 2.43. The molecule has 0 aliphatic carbocycles. The molecule has 0 aromatic carbocycles. The Kier molecular flexibility index (Phi) is 2.78. The highest BCUT2D eigenvalue weighted by Gasteiger charge is 2.11. The fourth-order valence-electron chi connectivity index (χ4n) is 1.19. The van der Waals surface area contributed by atoms with E-state index in [1.54, 1.807) is 24.7 Å². The molecule has 15 heavy (non-hydrogen) atoms. The average molecular weight is 202 g/mol. The maximum absolute atomic E-state index is 11.0. The SMILES string of the molecule is O=C1OC=CC1=CNCc1cccnc1. The van der Waals surface area contributed by atoms with Gasteiger partial charge in [0.05, 0.1) is 11.8 Å². The summed E-state index contributed by atoms with van der Waals surface area (Å²) in [6, 6.07) is 3.83. The summed E-state index contributed by atoms with van der Waals surface area (Å²) < 4.78 is 4.63. The van der Waals surface area contributed by atoms with Crippen molar-refractivity contribution in [3.05, 3.63) is 54.2 Å². The van der Waals surface area contributed by atoms with Gasteiger partial charge in [-0.3, -0.25) is 4.98 Å². The highest BCUT2D eigenvalue weighted by Crippen LogP contribution is 2.07. The molecule has 0 saturated carbocycles. The Morgan fingerprint density at radius 3 is 3.13 bits per heavy atom. The average Bonchev–Trinajstić information content (AvgIpc) is 2.66. The lowest BCUT2D eigenvalue weighted by atomic mass is 10.3. The van der Waals surface area contributed by atoms with Crippen LogP contribution in [0, 0.1) is 0 Å². The van der Waals surface area contributed by atoms with E-state index in [1.165, 1.54) is 6.26 Å². The van der Waals surface area contributed by atoms with Gasteiger partial charge in [-0.05, 0) is 17.7 Å². The van der Waals surface area contributed by atoms with Gasteiger partial charge >= 0.3 is 5.97 Å². The summed E-state index contributed by atoms with van der Waals surface area (Å²) in [5, 5.41) is 3.02. The molecule has 0 radical (unpaired) electrons. The van der Waals surface area contributed by atoms with Gasteiger partial charge < -0.3 is 10.1 Å². The monoisotopic (exact) mass is 202 g/mol. The highest BCUT2D eigenvalue weighted by molar-refractivity contribution is 5.93. The van der Waals surface area contributed by atoms with Crippen molar-refractivity contribution in [3.8, 4) is 0 Å². The topological polar surface area (TPSA) is 51.2 Å². The Hall–Kier alpha value is -2.10. The van der Waals surface area contributed by atoms with Crippen LogP contribution >= 0.6 is 0 Å². The van der Waals surface area contributed by atoms with Gasteiger partial charge in [-0.1, -0.05) is 6.07 Å². The van der Waals surface area contributed by atoms with Crippen molar-refractivity contribution in [1.29, 1.82) is 0 Å². The van der Waals surface area contributed by atoms with Gasteiger partial charge in [0.2, 0.25) is 0 Å². The number of nitrogens with zero attached hydrogens (tertiary/aromatic N) is 1. The Labute approximate surface area is 87.3 Å². The second-order valence-corrected chi connectivity index (χ2v) is 3.05. The van der Waals surface area contributed by atoms with Gasteiger partial charge in [-0.2, -0.15) is 0 Å². The van der Waals surface area contributed by atoms with Crippen LogP contribution in [0.15, 0.2) is 48.6 Å². The van der Waals surface area contributed by atoms with Crippen molar-refractivity contribution in [2.45, 2.75) is 6.54 Å². The summed E-state index contributed by atoms with van der Waals surface area (Å²) in [7, 11) is 0. The first kappa shape index (κ1) is 9.45. The summed E-state index contributed by atoms with van der Waals surface area (Å²) in [5.74, 6) is -0.325. The van der Waals surface area contributed by atoms with E-state index >= 15 is 0 Å². The molecule has 1 N–H and O–H groups in total. The van der Waals surface area contributed by atoms with E-state index < -0.39 is 0 Å². The minimum absolute atomic E-state index is 0.325. The minimum atomic E-state index is -0.325. The summed E-state index contributed by atoms with van der Waals surface area (Å²) in [5.41, 5.74) is 1.59. The first-order valence-corrected chi connectivity index (χ1v) is 4.56. The molecule has 0 atom stereocenters. The Morgan fingerprint density at radius 2 is 2.47 bits per heavy atom. The number of aromatic nitrogens is 1. The second kappa shape index (κ2) is 4.41. The highest BCUT2D eigenvalue weighted by atomic mass is 16.5. The lowest BCUT2D eigenvalue weighted by molar-refractivity contribution is -0.132. The molecule has 0 amide bonds. The van der Waals surface area contributed by atoms with Crippen LogP contribution in [0.4, 0.5) is 0 Å². The van der Waals surface area contributed by atoms with E-state index in [0.29, 0.717) is 12.1 Å². The molecular formula is C11H10N2O2. The number of hydrogen-bond acceptors (Lipinski definition) is 4. The third-order valence-electron chi connectivity index (χ3n) is 1.94. The van der Waals surface area contributed by atoms with Gasteiger partial charge in [0.1, 0.15) is 0 Å². The van der Waals surface area contributed by atoms with Crippen LogP contribution in [0.25, 0.3) is 0 Å². The summed E-state index contributed by atoms with van der Waals surface area (Å²) >= 11 is 0. The lowest BCUT2D eigenvalue weighted by Gasteiger charge is -2.00. The number of nitrogens with one attached hydrogen (secondary N) is 1. The molecule has 1 aliphatic rings. The van der Waals surface area contributed by atoms with Crippen LogP contribution < -0.4 is 5.32 Å². The van der Waals surface area contributed by atoms with E-state index in [0.717, 1.165) is 5.56 Å². The van der Waals surface area contributed by atoms with E-state index in [9.17, 15) is 4.79 Å². The summed E-state index contributed by atoms with van der Waals surface area (Å²) in [6.07, 6.45) is 8.13. The maximum atomic E-state index is 11.0. The largest absolute Gasteiger partial charge is 0.431 e. The Balaban J connectivity index is 1.90. The van der Waals surface area contributed by atoms with Crippen LogP contribution in [0.3, 0.4) is 0 Å². The third-order valence-corrected chi connectivity index (χ3v) is 1.94. The van der Waals surface area contributed by atoms with E-state index in [4.69, 9.17) is 0 Å². The molecule has 0 fully saturated rings. The summed E-state index contributed by atoms with van der Waals surface area (Å²) in [6.45, 7) is 0.637. The first-order chi connectivity index (χ1) is 7.36. The Morgan fingerprint density at radius 1 is 1.53 bits per heavy atom. The molecule has 4 nitrogen and oxygen atoms in total. The lowest BCUT2D eigenvalue weighted by Crippen LogP contribution is -2.08. The molecule has 0 saturated heterocycles. The zero-order chi connectivity index (χ0) is 10.5. The van der Waals surface area contributed by atoms with Crippen molar-refractivity contribution < 1.29 is 9.53 Å². The second-order valence-electron chi connectivity index (χ2n) is 3.05. The summed E-state index contributed by atoms with van der Waals surface area (Å²) in [4.78, 5) is 15.0. The minimum Gasteiger partial charge on any atom is -0.431 e. The zero-order valence-corrected chi connectivity index (χ0v) is 8.01. The van der Waals surface area contributed by atoms with Crippen LogP contribution in [-0.4, -0.2) is 11.0 Å². The molecule has 0 spiro atoms. The van der Waals surface area contributed by atoms with Gasteiger partial charge in [0.25, 0.3) is 0 Å². The number of esters is 1. The quantitative estimate of drug-likeness (QED) is 0.589. The molecule has 76 valence electrons. The number of cyclic esters (lactones) is 1. The molecule has 0 unspecified atom stereocenters. The predicted molar refractivity (Wildman–Crippen MR) is 54.4 cm³/mol. The fraction of sp³-hybridized carbons (Fsp3) is 0.0909. The van der Waals surface area contributed by atoms with Crippen molar-refractivity contribution >= 4 is 5.97 Å². The van der Waals surface area contributed by atoms with Gasteiger partial charge in [0.15, 0.2) is 0 Å². The molecule has 1 aromatic heterocycles. The molecular weight excluding hydrogens is 192 g/mol. The van der Waals surface area contributed by atoms with Gasteiger partial charge in [-0.25, -0.2) is 4.79 Å². The van der Waals surface area contributed by atoms with Crippen molar-refractivity contribution in [2.75, 3.05) is 0 Å². The van der Waals surface area contributed by atoms with Crippen LogP contribution in [0.1, 0.15) is 5.56 Å². The van der Waals surface area contributed by atoms with Crippen molar-refractivity contribution in [2.24, 2.45) is 0 Å². The molecule has 1 aromatic rings. The molecule has 0 bridgehead atoms.